The van der Waals surface area contributed by atoms with Crippen molar-refractivity contribution in [2.75, 3.05) is 11.8 Å². The fourth-order valence-corrected chi connectivity index (χ4v) is 3.11. The summed E-state index contributed by atoms with van der Waals surface area (Å²) in [6.45, 7) is 1.58. The first-order chi connectivity index (χ1) is 9.83. The van der Waals surface area contributed by atoms with Crippen LogP contribution >= 0.6 is 0 Å². The quantitative estimate of drug-likeness (QED) is 0.944. The van der Waals surface area contributed by atoms with E-state index in [1.807, 2.05) is 4.72 Å². The molecule has 4 nitrogen and oxygen atoms in total. The minimum absolute atomic E-state index is 0.0352. The summed E-state index contributed by atoms with van der Waals surface area (Å²) < 4.78 is 58.1. The molecule has 0 fully saturated rings. The zero-order valence-corrected chi connectivity index (χ0v) is 12.2. The maximum absolute atomic E-state index is 13.5. The summed E-state index contributed by atoms with van der Waals surface area (Å²) in [6.07, 6.45) is 0. The third kappa shape index (κ3) is 3.30. The Bertz CT molecular complexity index is 776. The van der Waals surface area contributed by atoms with E-state index >= 15 is 0 Å². The highest BCUT2D eigenvalue weighted by Gasteiger charge is 2.19. The molecular weight excluding hydrogens is 300 g/mol. The molecule has 0 aliphatic heterocycles. The topological polar surface area (TPSA) is 55.4 Å². The maximum atomic E-state index is 13.5. The molecule has 1 N–H and O–H groups in total. The predicted molar refractivity (Wildman–Crippen MR) is 74.9 cm³/mol. The molecule has 0 spiro atoms. The van der Waals surface area contributed by atoms with Crippen molar-refractivity contribution in [3.8, 4) is 5.75 Å². The Hall–Kier alpha value is -2.15. The number of aryl methyl sites for hydroxylation is 1. The third-order valence-electron chi connectivity index (χ3n) is 2.84. The lowest BCUT2D eigenvalue weighted by atomic mass is 10.2. The Labute approximate surface area is 121 Å². The van der Waals surface area contributed by atoms with Crippen LogP contribution in [0.15, 0.2) is 41.3 Å². The van der Waals surface area contributed by atoms with Gasteiger partial charge in [-0.2, -0.15) is 0 Å². The summed E-state index contributed by atoms with van der Waals surface area (Å²) in [6, 6.07) is 6.90. The van der Waals surface area contributed by atoms with Gasteiger partial charge in [-0.25, -0.2) is 17.2 Å². The fourth-order valence-electron chi connectivity index (χ4n) is 1.83. The molecule has 0 aliphatic carbocycles. The van der Waals surface area contributed by atoms with Crippen LogP contribution in [0.2, 0.25) is 0 Å². The molecule has 2 aromatic rings. The summed E-state index contributed by atoms with van der Waals surface area (Å²) in [7, 11) is -2.56. The van der Waals surface area contributed by atoms with E-state index in [0.717, 1.165) is 18.2 Å². The van der Waals surface area contributed by atoms with E-state index in [0.29, 0.717) is 11.3 Å². The van der Waals surface area contributed by atoms with E-state index in [1.54, 1.807) is 6.92 Å². The molecule has 0 unspecified atom stereocenters. The lowest BCUT2D eigenvalue weighted by molar-refractivity contribution is 0.414. The Balaban J connectivity index is 2.41. The Morgan fingerprint density at radius 2 is 1.81 bits per heavy atom. The zero-order valence-electron chi connectivity index (χ0n) is 11.4. The van der Waals surface area contributed by atoms with Crippen molar-refractivity contribution in [2.45, 2.75) is 11.8 Å². The standard InChI is InChI=1S/C14H13F2NO3S/c1-9-7-11(20-2)4-6-14(9)21(18,19)17-13-8-10(15)3-5-12(13)16/h3-8,17H,1-2H3. The number of anilines is 1. The summed E-state index contributed by atoms with van der Waals surface area (Å²) in [4.78, 5) is -0.0352. The highest BCUT2D eigenvalue weighted by Crippen LogP contribution is 2.24. The van der Waals surface area contributed by atoms with Crippen LogP contribution < -0.4 is 9.46 Å². The number of hydrogen-bond acceptors (Lipinski definition) is 3. The second-order valence-electron chi connectivity index (χ2n) is 4.36. The highest BCUT2D eigenvalue weighted by atomic mass is 32.2. The molecule has 0 atom stereocenters. The fraction of sp³-hybridized carbons (Fsp3) is 0.143. The number of sulfonamides is 1. The van der Waals surface area contributed by atoms with Gasteiger partial charge in [0.2, 0.25) is 0 Å². The molecular formula is C14H13F2NO3S. The van der Waals surface area contributed by atoms with Gasteiger partial charge in [0.25, 0.3) is 10.0 Å². The number of methoxy groups -OCH3 is 1. The average molecular weight is 313 g/mol. The summed E-state index contributed by atoms with van der Waals surface area (Å²) in [5.41, 5.74) is -0.0103. The van der Waals surface area contributed by atoms with Gasteiger partial charge < -0.3 is 4.74 Å². The van der Waals surface area contributed by atoms with Gasteiger partial charge in [0.1, 0.15) is 17.4 Å². The number of rotatable bonds is 4. The summed E-state index contributed by atoms with van der Waals surface area (Å²) in [5.74, 6) is -1.09. The minimum Gasteiger partial charge on any atom is -0.497 e. The van der Waals surface area contributed by atoms with Gasteiger partial charge in [0.05, 0.1) is 17.7 Å². The first-order valence-corrected chi connectivity index (χ1v) is 7.44. The number of hydrogen-bond donors (Lipinski definition) is 1. The van der Waals surface area contributed by atoms with E-state index in [4.69, 9.17) is 4.74 Å². The molecule has 2 rings (SSSR count). The van der Waals surface area contributed by atoms with Crippen molar-refractivity contribution < 1.29 is 21.9 Å². The number of ether oxygens (including phenoxy) is 1. The van der Waals surface area contributed by atoms with E-state index < -0.39 is 27.3 Å². The first-order valence-electron chi connectivity index (χ1n) is 5.96. The highest BCUT2D eigenvalue weighted by molar-refractivity contribution is 7.92. The van der Waals surface area contributed by atoms with E-state index in [1.165, 1.54) is 25.3 Å². The summed E-state index contributed by atoms with van der Waals surface area (Å²) in [5, 5.41) is 0. The second-order valence-corrected chi connectivity index (χ2v) is 6.01. The van der Waals surface area contributed by atoms with Crippen LogP contribution in [-0.2, 0) is 10.0 Å². The van der Waals surface area contributed by atoms with Crippen molar-refractivity contribution in [2.24, 2.45) is 0 Å². The number of benzene rings is 2. The van der Waals surface area contributed by atoms with Gasteiger partial charge in [-0.3, -0.25) is 4.72 Å². The smallest absolute Gasteiger partial charge is 0.262 e. The van der Waals surface area contributed by atoms with Crippen molar-refractivity contribution in [3.05, 3.63) is 53.6 Å². The lowest BCUT2D eigenvalue weighted by Gasteiger charge is -2.12. The molecule has 0 bridgehead atoms. The molecule has 0 aliphatic rings. The van der Waals surface area contributed by atoms with Crippen LogP contribution in [0.5, 0.6) is 5.75 Å². The Morgan fingerprint density at radius 1 is 1.10 bits per heavy atom. The van der Waals surface area contributed by atoms with Gasteiger partial charge >= 0.3 is 0 Å². The van der Waals surface area contributed by atoms with Crippen LogP contribution in [0.1, 0.15) is 5.56 Å². The van der Waals surface area contributed by atoms with Crippen molar-refractivity contribution in [1.29, 1.82) is 0 Å². The number of halogens is 2. The third-order valence-corrected chi connectivity index (χ3v) is 4.37. The molecule has 7 heteroatoms. The van der Waals surface area contributed by atoms with E-state index in [2.05, 4.69) is 0 Å². The predicted octanol–water partition coefficient (Wildman–Crippen LogP) is 3.08. The average Bonchev–Trinajstić information content (AvgIpc) is 2.42. The van der Waals surface area contributed by atoms with Crippen molar-refractivity contribution in [3.63, 3.8) is 0 Å². The van der Waals surface area contributed by atoms with Crippen LogP contribution in [0, 0.1) is 18.6 Å². The largest absolute Gasteiger partial charge is 0.497 e. The van der Waals surface area contributed by atoms with Crippen LogP contribution in [0.25, 0.3) is 0 Å². The van der Waals surface area contributed by atoms with Crippen LogP contribution in [0.4, 0.5) is 14.5 Å². The van der Waals surface area contributed by atoms with Gasteiger partial charge in [0, 0.05) is 6.07 Å². The van der Waals surface area contributed by atoms with Crippen LogP contribution in [0.3, 0.4) is 0 Å². The molecule has 0 heterocycles. The molecule has 21 heavy (non-hydrogen) atoms. The van der Waals surface area contributed by atoms with Crippen molar-refractivity contribution >= 4 is 15.7 Å². The second kappa shape index (κ2) is 5.69. The van der Waals surface area contributed by atoms with Gasteiger partial charge in [-0.1, -0.05) is 0 Å². The maximum Gasteiger partial charge on any atom is 0.262 e. The normalized spacial score (nSPS) is 11.2. The van der Waals surface area contributed by atoms with Gasteiger partial charge in [0.15, 0.2) is 0 Å². The molecule has 2 aromatic carbocycles. The van der Waals surface area contributed by atoms with E-state index in [-0.39, 0.29) is 4.90 Å². The molecule has 112 valence electrons. The van der Waals surface area contributed by atoms with Gasteiger partial charge in [-0.05, 0) is 42.8 Å². The Kier molecular flexibility index (Phi) is 4.13. The first kappa shape index (κ1) is 15.2. The monoisotopic (exact) mass is 313 g/mol. The lowest BCUT2D eigenvalue weighted by Crippen LogP contribution is -2.15. The summed E-state index contributed by atoms with van der Waals surface area (Å²) >= 11 is 0. The van der Waals surface area contributed by atoms with Crippen LogP contribution in [-0.4, -0.2) is 15.5 Å². The molecule has 0 saturated carbocycles. The Morgan fingerprint density at radius 3 is 2.43 bits per heavy atom. The van der Waals surface area contributed by atoms with Gasteiger partial charge in [-0.15, -0.1) is 0 Å². The molecule has 0 amide bonds. The molecule has 0 saturated heterocycles. The number of nitrogens with one attached hydrogen (secondary N) is 1. The zero-order chi connectivity index (χ0) is 15.6. The molecule has 0 radical (unpaired) electrons. The van der Waals surface area contributed by atoms with Crippen molar-refractivity contribution in [1.82, 2.24) is 0 Å². The minimum atomic E-state index is -4.02. The molecule has 0 aromatic heterocycles. The van der Waals surface area contributed by atoms with E-state index in [9.17, 15) is 17.2 Å². The SMILES string of the molecule is COc1ccc(S(=O)(=O)Nc2cc(F)ccc2F)c(C)c1.